The van der Waals surface area contributed by atoms with Gasteiger partial charge in [-0.2, -0.15) is 9.49 Å². The monoisotopic (exact) mass is 261 g/mol. The number of ether oxygens (including phenoxy) is 1. The molecule has 100 valence electrons. The molecule has 0 aromatic carbocycles. The molecule has 0 amide bonds. The molecule has 1 aliphatic rings. The van der Waals surface area contributed by atoms with Gasteiger partial charge in [-0.3, -0.25) is 0 Å². The number of aryl methyl sites for hydroxylation is 2. The molecule has 4 nitrogen and oxygen atoms in total. The number of hydrogen-bond donors (Lipinski definition) is 0. The van der Waals surface area contributed by atoms with Gasteiger partial charge >= 0.3 is 0 Å². The van der Waals surface area contributed by atoms with Crippen molar-refractivity contribution in [2.45, 2.75) is 39.8 Å². The average molecular weight is 261 g/mol. The van der Waals surface area contributed by atoms with E-state index >= 15 is 0 Å². The molecule has 0 N–H and O–H groups in total. The van der Waals surface area contributed by atoms with E-state index in [0.29, 0.717) is 17.0 Å². The molecule has 2 aromatic heterocycles. The summed E-state index contributed by atoms with van der Waals surface area (Å²) in [5.41, 5.74) is 2.58. The molecule has 0 fully saturated rings. The number of hydrogen-bond acceptors (Lipinski definition) is 3. The van der Waals surface area contributed by atoms with Gasteiger partial charge in [0.1, 0.15) is 5.69 Å². The maximum atomic E-state index is 14.0. The molecule has 0 unspecified atom stereocenters. The van der Waals surface area contributed by atoms with Crippen molar-refractivity contribution >= 4 is 0 Å². The fraction of sp³-hybridized carbons (Fsp3) is 0.429. The van der Waals surface area contributed by atoms with E-state index in [1.54, 1.807) is 19.1 Å². The highest BCUT2D eigenvalue weighted by Crippen LogP contribution is 2.33. The summed E-state index contributed by atoms with van der Waals surface area (Å²) in [7, 11) is 0. The lowest BCUT2D eigenvalue weighted by Crippen LogP contribution is -2.23. The summed E-state index contributed by atoms with van der Waals surface area (Å²) >= 11 is 0. The van der Waals surface area contributed by atoms with Crippen LogP contribution in [0.4, 0.5) is 4.39 Å². The molecule has 3 rings (SSSR count). The van der Waals surface area contributed by atoms with Crippen LogP contribution in [0.5, 0.6) is 5.88 Å². The Morgan fingerprint density at radius 3 is 2.89 bits per heavy atom. The zero-order valence-corrected chi connectivity index (χ0v) is 11.3. The lowest BCUT2D eigenvalue weighted by atomic mass is 10.1. The Kier molecular flexibility index (Phi) is 2.77. The first-order valence-corrected chi connectivity index (χ1v) is 6.44. The molecule has 0 saturated heterocycles. The molecule has 0 bridgehead atoms. The molecule has 2 aromatic rings. The predicted octanol–water partition coefficient (Wildman–Crippen LogP) is 2.87. The third-order valence-electron chi connectivity index (χ3n) is 3.43. The second-order valence-corrected chi connectivity index (χ2v) is 5.01. The van der Waals surface area contributed by atoms with Gasteiger partial charge in [0.15, 0.2) is 0 Å². The minimum Gasteiger partial charge on any atom is -0.475 e. The maximum absolute atomic E-state index is 14.0. The van der Waals surface area contributed by atoms with Gasteiger partial charge in [-0.05, 0) is 32.9 Å². The van der Waals surface area contributed by atoms with Crippen molar-refractivity contribution in [2.75, 3.05) is 0 Å². The van der Waals surface area contributed by atoms with Gasteiger partial charge in [-0.25, -0.2) is 9.67 Å². The molecule has 5 heteroatoms. The lowest BCUT2D eigenvalue weighted by molar-refractivity contribution is 0.148. The highest BCUT2D eigenvalue weighted by atomic mass is 19.1. The second-order valence-electron chi connectivity index (χ2n) is 5.01. The molecular weight excluding hydrogens is 245 g/mol. The summed E-state index contributed by atoms with van der Waals surface area (Å²) in [5, 5.41) is 4.46. The highest BCUT2D eigenvalue weighted by Gasteiger charge is 2.24. The van der Waals surface area contributed by atoms with E-state index in [1.165, 1.54) is 0 Å². The topological polar surface area (TPSA) is 39.9 Å². The van der Waals surface area contributed by atoms with Gasteiger partial charge in [0.2, 0.25) is 11.8 Å². The van der Waals surface area contributed by atoms with E-state index in [1.807, 2.05) is 18.5 Å². The van der Waals surface area contributed by atoms with E-state index in [-0.39, 0.29) is 6.10 Å². The number of aromatic nitrogens is 3. The smallest absolute Gasteiger partial charge is 0.222 e. The normalized spacial score (nSPS) is 18.0. The van der Waals surface area contributed by atoms with E-state index in [4.69, 9.17) is 4.74 Å². The van der Waals surface area contributed by atoms with E-state index in [0.717, 1.165) is 24.4 Å². The van der Waals surface area contributed by atoms with Gasteiger partial charge < -0.3 is 4.74 Å². The van der Waals surface area contributed by atoms with Crippen LogP contribution in [-0.2, 0) is 6.54 Å². The molecule has 0 radical (unpaired) electrons. The van der Waals surface area contributed by atoms with E-state index < -0.39 is 5.95 Å². The van der Waals surface area contributed by atoms with Crippen LogP contribution in [0.15, 0.2) is 12.1 Å². The summed E-state index contributed by atoms with van der Waals surface area (Å²) in [4.78, 5) is 3.86. The number of halogens is 1. The summed E-state index contributed by atoms with van der Waals surface area (Å²) in [5.74, 6) is 0.264. The van der Waals surface area contributed by atoms with E-state index in [2.05, 4.69) is 10.1 Å². The van der Waals surface area contributed by atoms with Crippen molar-refractivity contribution in [1.29, 1.82) is 0 Å². The average Bonchev–Trinajstić information content (AvgIpc) is 2.67. The van der Waals surface area contributed by atoms with Crippen LogP contribution in [-0.4, -0.2) is 20.9 Å². The van der Waals surface area contributed by atoms with Crippen LogP contribution in [0.25, 0.3) is 11.3 Å². The molecule has 0 saturated carbocycles. The molecular formula is C14H16FN3O. The summed E-state index contributed by atoms with van der Waals surface area (Å²) in [6.07, 6.45) is 1.10. The van der Waals surface area contributed by atoms with Crippen molar-refractivity contribution in [3.63, 3.8) is 0 Å². The van der Waals surface area contributed by atoms with Crippen LogP contribution >= 0.6 is 0 Å². The highest BCUT2D eigenvalue weighted by molar-refractivity contribution is 5.65. The largest absolute Gasteiger partial charge is 0.475 e. The number of pyridine rings is 1. The summed E-state index contributed by atoms with van der Waals surface area (Å²) < 4.78 is 21.6. The summed E-state index contributed by atoms with van der Waals surface area (Å²) in [6, 6.07) is 3.52. The van der Waals surface area contributed by atoms with Crippen molar-refractivity contribution in [3.8, 4) is 17.1 Å². The molecule has 1 aliphatic heterocycles. The third-order valence-corrected chi connectivity index (χ3v) is 3.43. The Morgan fingerprint density at radius 1 is 1.37 bits per heavy atom. The third kappa shape index (κ3) is 1.99. The number of rotatable bonds is 1. The standard InChI is InChI=1S/C14H16FN3O/c1-8-4-5-11(13(15)16-8)12-10(3)14-18(17-12)7-6-9(2)19-14/h4-5,9H,6-7H2,1-3H3/t9-/m1/s1. The van der Waals surface area contributed by atoms with Crippen LogP contribution in [0.3, 0.4) is 0 Å². The summed E-state index contributed by atoms with van der Waals surface area (Å²) in [6.45, 7) is 6.51. The maximum Gasteiger partial charge on any atom is 0.222 e. The Hall–Kier alpha value is -1.91. The van der Waals surface area contributed by atoms with Gasteiger partial charge in [0.05, 0.1) is 11.7 Å². The fourth-order valence-electron chi connectivity index (χ4n) is 2.35. The predicted molar refractivity (Wildman–Crippen MR) is 69.6 cm³/mol. The second kappa shape index (κ2) is 4.33. The Morgan fingerprint density at radius 2 is 2.16 bits per heavy atom. The van der Waals surface area contributed by atoms with Crippen molar-refractivity contribution in [1.82, 2.24) is 14.8 Å². The first kappa shape index (κ1) is 12.1. The van der Waals surface area contributed by atoms with Crippen molar-refractivity contribution in [2.24, 2.45) is 0 Å². The molecule has 0 aliphatic carbocycles. The van der Waals surface area contributed by atoms with Gasteiger partial charge in [-0.1, -0.05) is 0 Å². The first-order valence-electron chi connectivity index (χ1n) is 6.44. The minimum absolute atomic E-state index is 0.178. The fourth-order valence-corrected chi connectivity index (χ4v) is 2.35. The molecule has 19 heavy (non-hydrogen) atoms. The van der Waals surface area contributed by atoms with E-state index in [9.17, 15) is 4.39 Å². The number of nitrogens with zero attached hydrogens (tertiary/aromatic N) is 3. The first-order chi connectivity index (χ1) is 9.06. The minimum atomic E-state index is -0.480. The zero-order valence-electron chi connectivity index (χ0n) is 11.3. The Labute approximate surface area is 111 Å². The quantitative estimate of drug-likeness (QED) is 0.741. The Bertz CT molecular complexity index is 636. The van der Waals surface area contributed by atoms with Gasteiger partial charge in [0, 0.05) is 24.2 Å². The number of fused-ring (bicyclic) bond motifs is 1. The van der Waals surface area contributed by atoms with Gasteiger partial charge in [0.25, 0.3) is 0 Å². The van der Waals surface area contributed by atoms with Crippen LogP contribution in [0.2, 0.25) is 0 Å². The zero-order chi connectivity index (χ0) is 13.6. The molecule has 1 atom stereocenters. The lowest BCUT2D eigenvalue weighted by Gasteiger charge is -2.21. The molecule has 3 heterocycles. The van der Waals surface area contributed by atoms with Crippen LogP contribution in [0.1, 0.15) is 24.6 Å². The SMILES string of the molecule is Cc1ccc(-c2nn3c(c2C)O[C@H](C)CC3)c(F)n1. The van der Waals surface area contributed by atoms with Gasteiger partial charge in [-0.15, -0.1) is 0 Å². The van der Waals surface area contributed by atoms with Crippen molar-refractivity contribution in [3.05, 3.63) is 29.3 Å². The molecule has 0 spiro atoms. The van der Waals surface area contributed by atoms with Crippen LogP contribution < -0.4 is 4.74 Å². The van der Waals surface area contributed by atoms with Crippen LogP contribution in [0, 0.1) is 19.8 Å². The van der Waals surface area contributed by atoms with Crippen molar-refractivity contribution < 1.29 is 9.13 Å². The Balaban J connectivity index is 2.11.